The van der Waals surface area contributed by atoms with Crippen LogP contribution in [0, 0.1) is 5.82 Å². The predicted molar refractivity (Wildman–Crippen MR) is 114 cm³/mol. The summed E-state index contributed by atoms with van der Waals surface area (Å²) >= 11 is 0. The van der Waals surface area contributed by atoms with Crippen LogP contribution in [0.5, 0.6) is 0 Å². The minimum absolute atomic E-state index is 0.0797. The molecule has 1 atom stereocenters. The molecular formula is C25H22FNO4. The fourth-order valence-electron chi connectivity index (χ4n) is 4.11. The van der Waals surface area contributed by atoms with Crippen molar-refractivity contribution in [3.05, 3.63) is 95.3 Å². The monoisotopic (exact) mass is 419 g/mol. The fourth-order valence-corrected chi connectivity index (χ4v) is 4.11. The number of fused-ring (bicyclic) bond motifs is 3. The molecule has 158 valence electrons. The van der Waals surface area contributed by atoms with E-state index in [4.69, 9.17) is 4.74 Å². The van der Waals surface area contributed by atoms with Crippen LogP contribution in [0.4, 0.5) is 9.18 Å². The van der Waals surface area contributed by atoms with Crippen molar-refractivity contribution in [1.29, 1.82) is 0 Å². The second-order valence-corrected chi connectivity index (χ2v) is 7.75. The third kappa shape index (κ3) is 3.44. The van der Waals surface area contributed by atoms with Crippen LogP contribution in [-0.2, 0) is 15.1 Å². The maximum atomic E-state index is 13.3. The van der Waals surface area contributed by atoms with Gasteiger partial charge in [0.25, 0.3) is 0 Å². The van der Waals surface area contributed by atoms with Crippen molar-refractivity contribution >= 4 is 12.1 Å². The Morgan fingerprint density at radius 2 is 1.48 bits per heavy atom. The standard InChI is InChI=1S/C25H22FNO4/c1-25(23(28)29,16-11-13-17(26)14-12-16)27(2)24(30)31-15-22-20-9-5-3-7-18(20)19-8-4-6-10-21(19)22/h3-14,22H,15H2,1-2H3,(H,28,29). The molecule has 1 aliphatic carbocycles. The van der Waals surface area contributed by atoms with E-state index in [-0.39, 0.29) is 18.1 Å². The van der Waals surface area contributed by atoms with Gasteiger partial charge in [-0.2, -0.15) is 0 Å². The Bertz CT molecular complexity index is 1100. The predicted octanol–water partition coefficient (Wildman–Crippen LogP) is 5.01. The maximum Gasteiger partial charge on any atom is 0.410 e. The van der Waals surface area contributed by atoms with Gasteiger partial charge in [-0.3, -0.25) is 4.90 Å². The van der Waals surface area contributed by atoms with Gasteiger partial charge in [-0.15, -0.1) is 0 Å². The highest BCUT2D eigenvalue weighted by molar-refractivity contribution is 5.85. The molecule has 0 saturated carbocycles. The molecule has 3 aromatic rings. The number of rotatable bonds is 5. The molecule has 0 radical (unpaired) electrons. The Labute approximate surface area is 179 Å². The third-order valence-corrected chi connectivity index (χ3v) is 6.10. The first-order chi connectivity index (χ1) is 14.8. The summed E-state index contributed by atoms with van der Waals surface area (Å²) in [6, 6.07) is 21.0. The van der Waals surface area contributed by atoms with Gasteiger partial charge in [-0.05, 0) is 46.9 Å². The van der Waals surface area contributed by atoms with Crippen LogP contribution in [0.25, 0.3) is 11.1 Å². The Kier molecular flexibility index (Phi) is 5.23. The number of nitrogens with zero attached hydrogens (tertiary/aromatic N) is 1. The van der Waals surface area contributed by atoms with E-state index in [0.717, 1.165) is 27.2 Å². The van der Waals surface area contributed by atoms with E-state index in [1.165, 1.54) is 38.2 Å². The van der Waals surface area contributed by atoms with E-state index in [9.17, 15) is 19.1 Å². The van der Waals surface area contributed by atoms with E-state index >= 15 is 0 Å². The smallest absolute Gasteiger partial charge is 0.410 e. The fraction of sp³-hybridized carbons (Fsp3) is 0.200. The van der Waals surface area contributed by atoms with Gasteiger partial charge in [0.05, 0.1) is 0 Å². The van der Waals surface area contributed by atoms with Crippen molar-refractivity contribution in [3.63, 3.8) is 0 Å². The van der Waals surface area contributed by atoms with E-state index in [1.807, 2.05) is 48.5 Å². The molecule has 0 spiro atoms. The molecule has 4 rings (SSSR count). The van der Waals surface area contributed by atoms with Gasteiger partial charge >= 0.3 is 12.1 Å². The van der Waals surface area contributed by atoms with Crippen molar-refractivity contribution in [3.8, 4) is 11.1 Å². The first kappa shape index (κ1) is 20.6. The molecule has 3 aromatic carbocycles. The second kappa shape index (κ2) is 7.87. The molecule has 5 nitrogen and oxygen atoms in total. The average molecular weight is 419 g/mol. The van der Waals surface area contributed by atoms with E-state index in [0.29, 0.717) is 0 Å². The third-order valence-electron chi connectivity index (χ3n) is 6.10. The number of likely N-dealkylation sites (N-methyl/N-ethyl adjacent to an activating group) is 1. The number of carboxylic acid groups (broad SMARTS) is 1. The quantitative estimate of drug-likeness (QED) is 0.632. The van der Waals surface area contributed by atoms with Gasteiger partial charge in [0.2, 0.25) is 0 Å². The molecule has 0 bridgehead atoms. The minimum Gasteiger partial charge on any atom is -0.479 e. The number of hydrogen-bond acceptors (Lipinski definition) is 3. The number of amides is 1. The number of benzene rings is 3. The van der Waals surface area contributed by atoms with Crippen molar-refractivity contribution in [2.24, 2.45) is 0 Å². The number of carbonyl (C=O) groups is 2. The Hall–Kier alpha value is -3.67. The molecule has 31 heavy (non-hydrogen) atoms. The summed E-state index contributed by atoms with van der Waals surface area (Å²) in [5.74, 6) is -1.86. The van der Waals surface area contributed by atoms with Gasteiger partial charge in [-0.25, -0.2) is 14.0 Å². The summed E-state index contributed by atoms with van der Waals surface area (Å²) in [6.45, 7) is 1.47. The van der Waals surface area contributed by atoms with Crippen LogP contribution in [0.15, 0.2) is 72.8 Å². The number of ether oxygens (including phenoxy) is 1. The van der Waals surface area contributed by atoms with Crippen molar-refractivity contribution in [1.82, 2.24) is 4.90 Å². The SMILES string of the molecule is CN(C(=O)OCC1c2ccccc2-c2ccccc21)C(C)(C(=O)O)c1ccc(F)cc1. The lowest BCUT2D eigenvalue weighted by Crippen LogP contribution is -2.51. The molecule has 0 heterocycles. The summed E-state index contributed by atoms with van der Waals surface area (Å²) in [5.41, 5.74) is 2.91. The molecule has 0 fully saturated rings. The van der Waals surface area contributed by atoms with Crippen molar-refractivity contribution in [2.75, 3.05) is 13.7 Å². The summed E-state index contributed by atoms with van der Waals surface area (Å²) in [7, 11) is 1.37. The highest BCUT2D eigenvalue weighted by Gasteiger charge is 2.43. The lowest BCUT2D eigenvalue weighted by molar-refractivity contribution is -0.149. The minimum atomic E-state index is -1.71. The first-order valence-corrected chi connectivity index (χ1v) is 9.92. The molecule has 0 aliphatic heterocycles. The number of carbonyl (C=O) groups excluding carboxylic acids is 1. The zero-order valence-corrected chi connectivity index (χ0v) is 17.2. The zero-order valence-electron chi connectivity index (χ0n) is 17.2. The first-order valence-electron chi connectivity index (χ1n) is 9.92. The maximum absolute atomic E-state index is 13.3. The lowest BCUT2D eigenvalue weighted by Gasteiger charge is -2.35. The Morgan fingerprint density at radius 1 is 0.968 bits per heavy atom. The van der Waals surface area contributed by atoms with Crippen LogP contribution >= 0.6 is 0 Å². The van der Waals surface area contributed by atoms with Crippen molar-refractivity contribution < 1.29 is 23.8 Å². The van der Waals surface area contributed by atoms with Crippen LogP contribution in [0.2, 0.25) is 0 Å². The molecular weight excluding hydrogens is 397 g/mol. The number of halogens is 1. The zero-order chi connectivity index (χ0) is 22.2. The normalized spacial score (nSPS) is 14.3. The van der Waals surface area contributed by atoms with Crippen LogP contribution in [0.3, 0.4) is 0 Å². The largest absolute Gasteiger partial charge is 0.479 e. The Morgan fingerprint density at radius 3 is 2.00 bits per heavy atom. The summed E-state index contributed by atoms with van der Waals surface area (Å²) < 4.78 is 18.9. The summed E-state index contributed by atoms with van der Waals surface area (Å²) in [4.78, 5) is 26.0. The number of hydrogen-bond donors (Lipinski definition) is 1. The molecule has 0 aromatic heterocycles. The van der Waals surface area contributed by atoms with Gasteiger partial charge < -0.3 is 9.84 Å². The molecule has 1 aliphatic rings. The molecule has 1 unspecified atom stereocenters. The van der Waals surface area contributed by atoms with Gasteiger partial charge in [0.1, 0.15) is 12.4 Å². The topological polar surface area (TPSA) is 66.8 Å². The molecule has 0 saturated heterocycles. The van der Waals surface area contributed by atoms with E-state index in [1.54, 1.807) is 0 Å². The van der Waals surface area contributed by atoms with Gasteiger partial charge in [-0.1, -0.05) is 60.7 Å². The molecule has 6 heteroatoms. The van der Waals surface area contributed by atoms with Crippen molar-refractivity contribution in [2.45, 2.75) is 18.4 Å². The summed E-state index contributed by atoms with van der Waals surface area (Å²) in [5, 5.41) is 9.87. The highest BCUT2D eigenvalue weighted by Crippen LogP contribution is 2.44. The number of aliphatic carboxylic acids is 1. The van der Waals surface area contributed by atoms with Gasteiger partial charge in [0, 0.05) is 13.0 Å². The van der Waals surface area contributed by atoms with Crippen LogP contribution in [-0.4, -0.2) is 35.7 Å². The van der Waals surface area contributed by atoms with Gasteiger partial charge in [0.15, 0.2) is 5.54 Å². The van der Waals surface area contributed by atoms with E-state index < -0.39 is 23.4 Å². The summed E-state index contributed by atoms with van der Waals surface area (Å²) in [6.07, 6.45) is -0.768. The lowest BCUT2D eigenvalue weighted by atomic mass is 9.90. The van der Waals surface area contributed by atoms with Crippen LogP contribution < -0.4 is 0 Å². The Balaban J connectivity index is 1.57. The molecule has 1 N–H and O–H groups in total. The average Bonchev–Trinajstić information content (AvgIpc) is 3.10. The number of carboxylic acids is 1. The highest BCUT2D eigenvalue weighted by atomic mass is 19.1. The van der Waals surface area contributed by atoms with Crippen LogP contribution in [0.1, 0.15) is 29.5 Å². The molecule has 1 amide bonds. The second-order valence-electron chi connectivity index (χ2n) is 7.75. The van der Waals surface area contributed by atoms with E-state index in [2.05, 4.69) is 0 Å².